The molecular formula is C27H45N3O5S. The lowest BCUT2D eigenvalue weighted by Crippen LogP contribution is -2.54. The minimum absolute atomic E-state index is 0.0212. The number of phenols is 1. The van der Waals surface area contributed by atoms with E-state index in [0.717, 1.165) is 6.42 Å². The molecule has 9 heteroatoms. The van der Waals surface area contributed by atoms with Crippen molar-refractivity contribution in [1.29, 1.82) is 0 Å². The lowest BCUT2D eigenvalue weighted by molar-refractivity contribution is -0.121. The summed E-state index contributed by atoms with van der Waals surface area (Å²) in [6.45, 7) is 15.2. The molecule has 0 saturated heterocycles. The minimum atomic E-state index is -3.28. The second kappa shape index (κ2) is 11.5. The van der Waals surface area contributed by atoms with E-state index in [1.165, 1.54) is 12.1 Å². The Bertz CT molecular complexity index is 1040. The normalized spacial score (nSPS) is 21.3. The monoisotopic (exact) mass is 523 g/mol. The van der Waals surface area contributed by atoms with Gasteiger partial charge < -0.3 is 21.1 Å². The van der Waals surface area contributed by atoms with E-state index in [0.29, 0.717) is 24.0 Å². The molecule has 0 aromatic heterocycles. The lowest BCUT2D eigenvalue weighted by Gasteiger charge is -2.39. The fourth-order valence-corrected chi connectivity index (χ4v) is 6.02. The van der Waals surface area contributed by atoms with Gasteiger partial charge in [0.05, 0.1) is 17.5 Å². The maximum Gasteiger partial charge on any atom is 0.251 e. The molecule has 1 aromatic rings. The summed E-state index contributed by atoms with van der Waals surface area (Å²) in [4.78, 5) is 25.4. The quantitative estimate of drug-likeness (QED) is 0.415. The van der Waals surface area contributed by atoms with E-state index in [-0.39, 0.29) is 52.9 Å². The summed E-state index contributed by atoms with van der Waals surface area (Å²) < 4.78 is 25.4. The number of phenolic OH excluding ortho intramolecular Hbond substituents is 1. The van der Waals surface area contributed by atoms with Crippen molar-refractivity contribution < 1.29 is 23.1 Å². The van der Waals surface area contributed by atoms with Crippen molar-refractivity contribution in [2.45, 2.75) is 103 Å². The van der Waals surface area contributed by atoms with Crippen LogP contribution >= 0.6 is 0 Å². The average Bonchev–Trinajstić information content (AvgIpc) is 2.72. The molecule has 0 aliphatic heterocycles. The highest BCUT2D eigenvalue weighted by atomic mass is 32.2. The van der Waals surface area contributed by atoms with Gasteiger partial charge >= 0.3 is 0 Å². The number of amides is 2. The Morgan fingerprint density at radius 2 is 1.72 bits per heavy atom. The largest absolute Gasteiger partial charge is 0.508 e. The van der Waals surface area contributed by atoms with Crippen molar-refractivity contribution in [3.63, 3.8) is 0 Å². The molecule has 8 nitrogen and oxygen atoms in total. The van der Waals surface area contributed by atoms with Crippen molar-refractivity contribution in [2.75, 3.05) is 12.3 Å². The minimum Gasteiger partial charge on any atom is -0.508 e. The molecule has 204 valence electrons. The van der Waals surface area contributed by atoms with E-state index < -0.39 is 21.0 Å². The van der Waals surface area contributed by atoms with E-state index in [2.05, 4.69) is 36.7 Å². The fourth-order valence-electron chi connectivity index (χ4n) is 4.67. The second-order valence-corrected chi connectivity index (χ2v) is 15.0. The van der Waals surface area contributed by atoms with Gasteiger partial charge in [0.25, 0.3) is 5.91 Å². The Morgan fingerprint density at radius 3 is 2.28 bits per heavy atom. The van der Waals surface area contributed by atoms with Gasteiger partial charge in [0, 0.05) is 28.7 Å². The van der Waals surface area contributed by atoms with Crippen LogP contribution in [0.1, 0.15) is 90.6 Å². The summed E-state index contributed by atoms with van der Waals surface area (Å²) in [5, 5.41) is 18.8. The highest BCUT2D eigenvalue weighted by Gasteiger charge is 2.36. The molecule has 0 radical (unpaired) electrons. The van der Waals surface area contributed by atoms with Crippen LogP contribution in [-0.2, 0) is 20.0 Å². The summed E-state index contributed by atoms with van der Waals surface area (Å²) in [6, 6.07) is 4.55. The molecule has 1 saturated carbocycles. The highest BCUT2D eigenvalue weighted by Crippen LogP contribution is 2.31. The molecule has 1 aliphatic rings. The maximum atomic E-state index is 12.8. The predicted molar refractivity (Wildman–Crippen MR) is 144 cm³/mol. The van der Waals surface area contributed by atoms with Crippen LogP contribution in [0, 0.1) is 5.92 Å². The number of rotatable bonds is 8. The van der Waals surface area contributed by atoms with E-state index in [9.17, 15) is 23.1 Å². The first-order valence-corrected chi connectivity index (χ1v) is 14.5. The predicted octanol–water partition coefficient (Wildman–Crippen LogP) is 3.28. The highest BCUT2D eigenvalue weighted by molar-refractivity contribution is 7.91. The standard InChI is InChI=1S/C27H45N3O5S/c1-17(2)36(34,35)16-19-13-20(30-27(6,7)8)10-11-22(19)29-24(32)15-28-25(33)18-9-12-23(31)21(14-18)26(3,4)5/h9,12,14,17,19-20,22,30-31H,10-11,13,15-16H2,1-8H3,(H,28,33)(H,29,32)/t19-,20-,22+/m1/s1. The smallest absolute Gasteiger partial charge is 0.251 e. The number of aromatic hydroxyl groups is 1. The molecule has 1 aromatic carbocycles. The summed E-state index contributed by atoms with van der Waals surface area (Å²) in [5.74, 6) is -0.828. The number of nitrogens with one attached hydrogen (secondary N) is 3. The molecule has 1 fully saturated rings. The number of carbonyl (C=O) groups excluding carboxylic acids is 2. The number of hydrogen-bond acceptors (Lipinski definition) is 6. The third-order valence-electron chi connectivity index (χ3n) is 6.61. The molecule has 0 heterocycles. The Kier molecular flexibility index (Phi) is 9.62. The topological polar surface area (TPSA) is 125 Å². The second-order valence-electron chi connectivity index (χ2n) is 12.4. The zero-order valence-corrected chi connectivity index (χ0v) is 23.9. The van der Waals surface area contributed by atoms with Crippen molar-refractivity contribution in [3.05, 3.63) is 29.3 Å². The Hall–Kier alpha value is -2.13. The van der Waals surface area contributed by atoms with Crippen LogP contribution in [0.5, 0.6) is 5.75 Å². The fraction of sp³-hybridized carbons (Fsp3) is 0.704. The van der Waals surface area contributed by atoms with Crippen LogP contribution < -0.4 is 16.0 Å². The number of benzene rings is 1. The Morgan fingerprint density at radius 1 is 1.08 bits per heavy atom. The third-order valence-corrected chi connectivity index (χ3v) is 8.94. The van der Waals surface area contributed by atoms with Gasteiger partial charge in [0.2, 0.25) is 5.91 Å². The van der Waals surface area contributed by atoms with Crippen molar-refractivity contribution in [1.82, 2.24) is 16.0 Å². The van der Waals surface area contributed by atoms with Gasteiger partial charge in [-0.15, -0.1) is 0 Å². The number of hydrogen-bond donors (Lipinski definition) is 4. The van der Waals surface area contributed by atoms with Crippen molar-refractivity contribution >= 4 is 21.7 Å². The van der Waals surface area contributed by atoms with E-state index in [1.54, 1.807) is 19.9 Å². The van der Waals surface area contributed by atoms with Gasteiger partial charge in [-0.05, 0) is 83.4 Å². The molecule has 2 amide bonds. The summed E-state index contributed by atoms with van der Waals surface area (Å²) in [7, 11) is -3.28. The van der Waals surface area contributed by atoms with Crippen molar-refractivity contribution in [2.24, 2.45) is 5.92 Å². The first-order chi connectivity index (χ1) is 16.4. The Balaban J connectivity index is 2.05. The molecule has 4 N–H and O–H groups in total. The Labute approximate surface area is 216 Å². The van der Waals surface area contributed by atoms with Crippen LogP contribution in [0.4, 0.5) is 0 Å². The lowest BCUT2D eigenvalue weighted by atomic mass is 9.81. The molecule has 1 aliphatic carbocycles. The van der Waals surface area contributed by atoms with E-state index >= 15 is 0 Å². The van der Waals surface area contributed by atoms with E-state index in [1.807, 2.05) is 20.8 Å². The molecular weight excluding hydrogens is 478 g/mol. The van der Waals surface area contributed by atoms with Gasteiger partial charge in [-0.25, -0.2) is 8.42 Å². The van der Waals surface area contributed by atoms with Crippen molar-refractivity contribution in [3.8, 4) is 5.75 Å². The first-order valence-electron chi connectivity index (χ1n) is 12.8. The van der Waals surface area contributed by atoms with Gasteiger partial charge in [-0.2, -0.15) is 0 Å². The zero-order valence-electron chi connectivity index (χ0n) is 23.1. The summed E-state index contributed by atoms with van der Waals surface area (Å²) in [5.41, 5.74) is 0.576. The molecule has 3 atom stereocenters. The van der Waals surface area contributed by atoms with Crippen LogP contribution in [0.3, 0.4) is 0 Å². The maximum absolute atomic E-state index is 12.8. The van der Waals surface area contributed by atoms with Gasteiger partial charge in [-0.1, -0.05) is 20.8 Å². The van der Waals surface area contributed by atoms with Gasteiger partial charge in [-0.3, -0.25) is 9.59 Å². The summed E-state index contributed by atoms with van der Waals surface area (Å²) in [6.07, 6.45) is 2.15. The summed E-state index contributed by atoms with van der Waals surface area (Å²) >= 11 is 0. The average molecular weight is 524 g/mol. The van der Waals surface area contributed by atoms with Crippen LogP contribution in [0.15, 0.2) is 18.2 Å². The molecule has 2 rings (SSSR count). The molecule has 36 heavy (non-hydrogen) atoms. The number of sulfone groups is 1. The van der Waals surface area contributed by atoms with Gasteiger partial charge in [0.1, 0.15) is 5.75 Å². The SMILES string of the molecule is CC(C)S(=O)(=O)C[C@H]1C[C@H](NC(C)(C)C)CC[C@@H]1NC(=O)CNC(=O)c1ccc(O)c(C(C)(C)C)c1. The molecule has 0 unspecified atom stereocenters. The molecule has 0 bridgehead atoms. The van der Waals surface area contributed by atoms with Crippen LogP contribution in [0.2, 0.25) is 0 Å². The number of carbonyl (C=O) groups is 2. The van der Waals surface area contributed by atoms with Crippen LogP contribution in [-0.4, -0.2) is 60.5 Å². The first kappa shape index (κ1) is 30.1. The third kappa shape index (κ3) is 8.76. The molecule has 0 spiro atoms. The van der Waals surface area contributed by atoms with E-state index in [4.69, 9.17) is 0 Å². The zero-order chi connectivity index (χ0) is 27.5. The van der Waals surface area contributed by atoms with Gasteiger partial charge in [0.15, 0.2) is 9.84 Å². The van der Waals surface area contributed by atoms with Crippen LogP contribution in [0.25, 0.3) is 0 Å².